The van der Waals surface area contributed by atoms with E-state index in [4.69, 9.17) is 0 Å². The number of hydrogen-bond donors (Lipinski definition) is 0. The van der Waals surface area contributed by atoms with Crippen LogP contribution in [0, 0.1) is 0 Å². The largest absolute Gasteiger partial charge is 0.384 e. The summed E-state index contributed by atoms with van der Waals surface area (Å²) >= 11 is 0. The van der Waals surface area contributed by atoms with E-state index in [9.17, 15) is 0 Å². The molecule has 48 valence electrons. The van der Waals surface area contributed by atoms with E-state index >= 15 is 0 Å². The van der Waals surface area contributed by atoms with Crippen molar-refractivity contribution in [2.24, 2.45) is 0 Å². The van der Waals surface area contributed by atoms with Crippen LogP contribution in [0.3, 0.4) is 0 Å². The van der Waals surface area contributed by atoms with Crippen molar-refractivity contribution in [3.63, 3.8) is 0 Å². The van der Waals surface area contributed by atoms with Gasteiger partial charge in [-0.05, 0) is 13.1 Å². The van der Waals surface area contributed by atoms with Crippen molar-refractivity contribution in [3.8, 4) is 0 Å². The molecular formula is C7H15N. The lowest BCUT2D eigenvalue weighted by Gasteiger charge is -1.98. The van der Waals surface area contributed by atoms with E-state index < -0.39 is 0 Å². The van der Waals surface area contributed by atoms with Gasteiger partial charge in [0.25, 0.3) is 0 Å². The summed E-state index contributed by atoms with van der Waals surface area (Å²) in [6.45, 7) is 8.74. The molecule has 0 aromatic carbocycles. The van der Waals surface area contributed by atoms with Crippen molar-refractivity contribution in [2.75, 3.05) is 14.1 Å². The van der Waals surface area contributed by atoms with Crippen LogP contribution in [0.15, 0.2) is 25.4 Å². The van der Waals surface area contributed by atoms with Gasteiger partial charge in [-0.25, -0.2) is 0 Å². The van der Waals surface area contributed by atoms with E-state index in [1.165, 1.54) is 0 Å². The SMILES string of the molecule is C=CC.C=CN(C)C. The van der Waals surface area contributed by atoms with Crippen molar-refractivity contribution in [1.82, 2.24) is 4.90 Å². The lowest BCUT2D eigenvalue weighted by atomic mass is 10.8. The Bertz CT molecular complexity index is 55.4. The zero-order chi connectivity index (χ0) is 6.99. The van der Waals surface area contributed by atoms with Gasteiger partial charge in [0.2, 0.25) is 0 Å². The minimum atomic E-state index is 1.75. The lowest BCUT2D eigenvalue weighted by Crippen LogP contribution is -1.97. The molecule has 0 bridgehead atoms. The second-order valence-corrected chi connectivity index (χ2v) is 1.55. The summed E-state index contributed by atoms with van der Waals surface area (Å²) in [6.07, 6.45) is 3.50. The Kier molecular flexibility index (Phi) is 12.3. The topological polar surface area (TPSA) is 3.24 Å². The van der Waals surface area contributed by atoms with Crippen molar-refractivity contribution < 1.29 is 0 Å². The fraction of sp³-hybridized carbons (Fsp3) is 0.429. The van der Waals surface area contributed by atoms with E-state index in [2.05, 4.69) is 13.2 Å². The molecule has 0 aliphatic carbocycles. The highest BCUT2D eigenvalue weighted by Crippen LogP contribution is 1.64. The molecule has 0 unspecified atom stereocenters. The summed E-state index contributed by atoms with van der Waals surface area (Å²) in [5, 5.41) is 0. The van der Waals surface area contributed by atoms with Gasteiger partial charge < -0.3 is 4.90 Å². The minimum absolute atomic E-state index is 1.75. The van der Waals surface area contributed by atoms with E-state index in [0.29, 0.717) is 0 Å². The average molecular weight is 113 g/mol. The summed E-state index contributed by atoms with van der Waals surface area (Å²) in [5.41, 5.74) is 0. The summed E-state index contributed by atoms with van der Waals surface area (Å²) in [5.74, 6) is 0. The molecule has 0 heterocycles. The predicted octanol–water partition coefficient (Wildman–Crippen LogP) is 1.88. The van der Waals surface area contributed by atoms with E-state index in [-0.39, 0.29) is 0 Å². The molecule has 1 heteroatoms. The van der Waals surface area contributed by atoms with Crippen LogP contribution in [-0.2, 0) is 0 Å². The van der Waals surface area contributed by atoms with Crippen molar-refractivity contribution >= 4 is 0 Å². The Hall–Kier alpha value is -0.720. The summed E-state index contributed by atoms with van der Waals surface area (Å²) < 4.78 is 0. The van der Waals surface area contributed by atoms with Gasteiger partial charge >= 0.3 is 0 Å². The van der Waals surface area contributed by atoms with E-state index in [0.717, 1.165) is 0 Å². The number of nitrogens with zero attached hydrogens (tertiary/aromatic N) is 1. The monoisotopic (exact) mass is 113 g/mol. The van der Waals surface area contributed by atoms with Gasteiger partial charge in [-0.2, -0.15) is 0 Å². The molecule has 0 saturated carbocycles. The summed E-state index contributed by atoms with van der Waals surface area (Å²) in [6, 6.07) is 0. The Morgan fingerprint density at radius 3 is 1.38 bits per heavy atom. The predicted molar refractivity (Wildman–Crippen MR) is 39.8 cm³/mol. The average Bonchev–Trinajstić information content (AvgIpc) is 1.69. The van der Waals surface area contributed by atoms with Gasteiger partial charge in [0.1, 0.15) is 0 Å². The van der Waals surface area contributed by atoms with Crippen molar-refractivity contribution in [2.45, 2.75) is 6.92 Å². The molecule has 1 nitrogen and oxygen atoms in total. The number of allylic oxidation sites excluding steroid dienone is 1. The molecule has 0 rings (SSSR count). The van der Waals surface area contributed by atoms with Crippen LogP contribution in [0.1, 0.15) is 6.92 Å². The van der Waals surface area contributed by atoms with Crippen molar-refractivity contribution in [1.29, 1.82) is 0 Å². The zero-order valence-electron chi connectivity index (χ0n) is 6.02. The first-order chi connectivity index (χ1) is 3.68. The van der Waals surface area contributed by atoms with Gasteiger partial charge in [-0.1, -0.05) is 12.7 Å². The fourth-order valence-electron chi connectivity index (χ4n) is 0. The van der Waals surface area contributed by atoms with Crippen LogP contribution in [0.5, 0.6) is 0 Å². The highest BCUT2D eigenvalue weighted by molar-refractivity contribution is 4.59. The Balaban J connectivity index is 0. The van der Waals surface area contributed by atoms with Crippen molar-refractivity contribution in [3.05, 3.63) is 25.4 Å². The first-order valence-corrected chi connectivity index (χ1v) is 2.55. The van der Waals surface area contributed by atoms with Crippen LogP contribution >= 0.6 is 0 Å². The second kappa shape index (κ2) is 9.56. The first-order valence-electron chi connectivity index (χ1n) is 2.55. The molecular weight excluding hydrogens is 98.1 g/mol. The van der Waals surface area contributed by atoms with Gasteiger partial charge in [0.15, 0.2) is 0 Å². The number of rotatable bonds is 1. The Morgan fingerprint density at radius 1 is 1.25 bits per heavy atom. The van der Waals surface area contributed by atoms with E-state index in [1.807, 2.05) is 25.9 Å². The molecule has 0 amide bonds. The molecule has 0 aromatic heterocycles. The molecule has 0 fully saturated rings. The third-order valence-electron chi connectivity index (χ3n) is 0.365. The Labute approximate surface area is 52.3 Å². The third kappa shape index (κ3) is 59.0. The molecule has 0 radical (unpaired) electrons. The zero-order valence-corrected chi connectivity index (χ0v) is 6.02. The van der Waals surface area contributed by atoms with E-state index in [1.54, 1.807) is 12.3 Å². The van der Waals surface area contributed by atoms with Gasteiger partial charge in [-0.3, -0.25) is 0 Å². The smallest absolute Gasteiger partial charge is 0.00554 e. The maximum Gasteiger partial charge on any atom is 0.00554 e. The Morgan fingerprint density at radius 2 is 1.38 bits per heavy atom. The highest BCUT2D eigenvalue weighted by atomic mass is 15.0. The van der Waals surface area contributed by atoms with Crippen LogP contribution in [0.25, 0.3) is 0 Å². The van der Waals surface area contributed by atoms with Gasteiger partial charge in [0.05, 0.1) is 0 Å². The molecule has 0 aromatic rings. The maximum atomic E-state index is 3.49. The molecule has 0 atom stereocenters. The highest BCUT2D eigenvalue weighted by Gasteiger charge is 1.62. The molecule has 8 heavy (non-hydrogen) atoms. The molecule has 0 spiro atoms. The number of hydrogen-bond acceptors (Lipinski definition) is 1. The van der Waals surface area contributed by atoms with Gasteiger partial charge in [-0.15, -0.1) is 6.58 Å². The minimum Gasteiger partial charge on any atom is -0.384 e. The maximum absolute atomic E-state index is 3.49. The quantitative estimate of drug-likeness (QED) is 0.469. The summed E-state index contributed by atoms with van der Waals surface area (Å²) in [4.78, 5) is 1.89. The third-order valence-corrected chi connectivity index (χ3v) is 0.365. The first kappa shape index (κ1) is 10.3. The molecule has 0 aliphatic rings. The van der Waals surface area contributed by atoms with Crippen LogP contribution < -0.4 is 0 Å². The normalized spacial score (nSPS) is 5.88. The molecule has 0 N–H and O–H groups in total. The second-order valence-electron chi connectivity index (χ2n) is 1.55. The summed E-state index contributed by atoms with van der Waals surface area (Å²) in [7, 11) is 3.88. The standard InChI is InChI=1S/C4H9N.C3H6/c1-4-5(2)3;1-3-2/h4H,1H2,2-3H3;3H,1H2,2H3. The van der Waals surface area contributed by atoms with Crippen LogP contribution in [0.2, 0.25) is 0 Å². The fourth-order valence-corrected chi connectivity index (χ4v) is 0. The van der Waals surface area contributed by atoms with Gasteiger partial charge in [0, 0.05) is 14.1 Å². The van der Waals surface area contributed by atoms with Crippen LogP contribution in [0.4, 0.5) is 0 Å². The lowest BCUT2D eigenvalue weighted by molar-refractivity contribution is 0.566. The van der Waals surface area contributed by atoms with Crippen LogP contribution in [-0.4, -0.2) is 19.0 Å². The molecule has 0 aliphatic heterocycles. The molecule has 0 saturated heterocycles.